The average Bonchev–Trinajstić information content (AvgIpc) is 3.70. The summed E-state index contributed by atoms with van der Waals surface area (Å²) in [6, 6.07) is -1.88. The van der Waals surface area contributed by atoms with Gasteiger partial charge >= 0.3 is 11.9 Å². The van der Waals surface area contributed by atoms with E-state index in [2.05, 4.69) is 30.6 Å². The molecule has 2 atom stereocenters. The zero-order chi connectivity index (χ0) is 34.6. The summed E-state index contributed by atoms with van der Waals surface area (Å²) in [7, 11) is 0. The molecule has 0 saturated carbocycles. The number of amides is 4. The van der Waals surface area contributed by atoms with Crippen LogP contribution in [0.25, 0.3) is 0 Å². The Bertz CT molecular complexity index is 1370. The van der Waals surface area contributed by atoms with E-state index in [0.29, 0.717) is 0 Å². The van der Waals surface area contributed by atoms with Crippen molar-refractivity contribution >= 4 is 41.4 Å². The van der Waals surface area contributed by atoms with Crippen LogP contribution in [0.15, 0.2) is 12.7 Å². The minimum atomic E-state index is -0.948. The Morgan fingerprint density at radius 1 is 0.761 bits per heavy atom. The summed E-state index contributed by atoms with van der Waals surface area (Å²) < 4.78 is 10.1. The van der Waals surface area contributed by atoms with Crippen molar-refractivity contribution in [3.63, 3.8) is 0 Å². The number of H-pyrrole nitrogens is 2. The molecule has 254 valence electrons. The molecule has 16 heteroatoms. The Kier molecular flexibility index (Phi) is 14.4. The predicted molar refractivity (Wildman–Crippen MR) is 167 cm³/mol. The summed E-state index contributed by atoms with van der Waals surface area (Å²) in [6.07, 6.45) is 2.54. The van der Waals surface area contributed by atoms with E-state index in [1.54, 1.807) is 55.4 Å². The Labute approximate surface area is 268 Å². The highest BCUT2D eigenvalue weighted by Gasteiger charge is 2.32. The Morgan fingerprint density at radius 2 is 1.28 bits per heavy atom. The number of nitrogens with one attached hydrogen (secondary N) is 4. The molecule has 0 aromatic carbocycles. The fourth-order valence-corrected chi connectivity index (χ4v) is 4.49. The van der Waals surface area contributed by atoms with Crippen LogP contribution >= 0.6 is 0 Å². The van der Waals surface area contributed by atoms with Gasteiger partial charge < -0.3 is 35.0 Å². The van der Waals surface area contributed by atoms with Crippen LogP contribution in [0.5, 0.6) is 0 Å². The molecule has 2 heterocycles. The van der Waals surface area contributed by atoms with Crippen molar-refractivity contribution in [3.8, 4) is 0 Å². The third-order valence-electron chi connectivity index (χ3n) is 7.02. The smallest absolute Gasteiger partial charge is 0.328 e. The van der Waals surface area contributed by atoms with Crippen molar-refractivity contribution in [1.82, 2.24) is 35.5 Å². The number of aromatic nitrogens is 4. The van der Waals surface area contributed by atoms with Gasteiger partial charge in [-0.1, -0.05) is 34.6 Å². The number of aromatic amines is 2. The van der Waals surface area contributed by atoms with Crippen LogP contribution in [0.4, 0.5) is 5.82 Å². The molecule has 2 aromatic heterocycles. The largest absolute Gasteiger partial charge is 0.464 e. The standard InChI is InChI=1S/C30H46N8O8/c1-9-19(39)38(25-24(33-16-34-25)27(41)36-21(18(7)8)30(44)46-12-4)14-13-37(10-2)28(42)23-22(31-15-32-23)26(40)35-20(17(5)6)29(43)45-11-3/h15-18,20-21H,9-14H2,1-8H3,(H,31,32)(H,33,34)(H,35,40)(H,36,41)/t20-,21-/m0/s1. The first kappa shape index (κ1) is 37.4. The maximum absolute atomic E-state index is 13.6. The number of likely N-dealkylation sites (N-methyl/N-ethyl adjacent to an activating group) is 1. The lowest BCUT2D eigenvalue weighted by Crippen LogP contribution is -2.47. The summed E-state index contributed by atoms with van der Waals surface area (Å²) >= 11 is 0. The van der Waals surface area contributed by atoms with Crippen LogP contribution in [0.2, 0.25) is 0 Å². The number of rotatable bonds is 17. The van der Waals surface area contributed by atoms with Crippen molar-refractivity contribution in [2.45, 2.75) is 73.9 Å². The van der Waals surface area contributed by atoms with E-state index in [-0.39, 0.29) is 79.9 Å². The number of carbonyl (C=O) groups is 6. The highest BCUT2D eigenvalue weighted by molar-refractivity contribution is 6.06. The van der Waals surface area contributed by atoms with Gasteiger partial charge in [-0.25, -0.2) is 19.6 Å². The van der Waals surface area contributed by atoms with Crippen molar-refractivity contribution in [1.29, 1.82) is 0 Å². The van der Waals surface area contributed by atoms with Crippen molar-refractivity contribution < 1.29 is 38.2 Å². The molecule has 0 aliphatic heterocycles. The van der Waals surface area contributed by atoms with Gasteiger partial charge in [0.2, 0.25) is 5.91 Å². The molecule has 0 aliphatic rings. The highest BCUT2D eigenvalue weighted by Crippen LogP contribution is 2.19. The van der Waals surface area contributed by atoms with E-state index in [1.807, 2.05) is 0 Å². The van der Waals surface area contributed by atoms with E-state index in [4.69, 9.17) is 9.47 Å². The van der Waals surface area contributed by atoms with Crippen LogP contribution in [0.1, 0.15) is 93.3 Å². The minimum absolute atomic E-state index is 0.00393. The van der Waals surface area contributed by atoms with Gasteiger partial charge in [0.1, 0.15) is 23.5 Å². The number of anilines is 1. The maximum Gasteiger partial charge on any atom is 0.328 e. The van der Waals surface area contributed by atoms with Gasteiger partial charge in [0.25, 0.3) is 17.7 Å². The van der Waals surface area contributed by atoms with Gasteiger partial charge in [-0.15, -0.1) is 0 Å². The molecule has 0 fully saturated rings. The van der Waals surface area contributed by atoms with Gasteiger partial charge in [0, 0.05) is 26.1 Å². The van der Waals surface area contributed by atoms with Crippen molar-refractivity contribution in [2.75, 3.05) is 37.7 Å². The topological polar surface area (TPSA) is 209 Å². The molecular weight excluding hydrogens is 600 g/mol. The SMILES string of the molecule is CCOC(=O)[C@@H](NC(=O)c1nc[nH]c1C(=O)N(CC)CCN(C(=O)CC)c1nc[nH]c1C(=O)N[C@H](C(=O)OCC)C(C)C)C(C)C. The second kappa shape index (κ2) is 17.7. The molecule has 46 heavy (non-hydrogen) atoms. The molecule has 2 aromatic rings. The molecule has 4 N–H and O–H groups in total. The summed E-state index contributed by atoms with van der Waals surface area (Å²) in [5.74, 6) is -4.04. The zero-order valence-electron chi connectivity index (χ0n) is 27.8. The molecular formula is C30H46N8O8. The van der Waals surface area contributed by atoms with Crippen LogP contribution < -0.4 is 15.5 Å². The average molecular weight is 647 g/mol. The van der Waals surface area contributed by atoms with Crippen LogP contribution in [0, 0.1) is 11.8 Å². The lowest BCUT2D eigenvalue weighted by Gasteiger charge is -2.27. The van der Waals surface area contributed by atoms with Crippen LogP contribution in [0.3, 0.4) is 0 Å². The number of imidazole rings is 2. The molecule has 16 nitrogen and oxygen atoms in total. The third-order valence-corrected chi connectivity index (χ3v) is 7.02. The number of nitrogens with zero attached hydrogens (tertiary/aromatic N) is 4. The Morgan fingerprint density at radius 3 is 1.78 bits per heavy atom. The number of esters is 2. The molecule has 4 amide bonds. The summed E-state index contributed by atoms with van der Waals surface area (Å²) in [5, 5.41) is 5.25. The van der Waals surface area contributed by atoms with Crippen LogP contribution in [-0.2, 0) is 23.9 Å². The minimum Gasteiger partial charge on any atom is -0.464 e. The second-order valence-corrected chi connectivity index (χ2v) is 10.9. The fourth-order valence-electron chi connectivity index (χ4n) is 4.49. The van der Waals surface area contributed by atoms with Gasteiger partial charge in [-0.2, -0.15) is 0 Å². The molecule has 0 bridgehead atoms. The fraction of sp³-hybridized carbons (Fsp3) is 0.600. The molecule has 0 saturated heterocycles. The Balaban J connectivity index is 2.27. The zero-order valence-corrected chi connectivity index (χ0v) is 27.8. The number of hydrogen-bond donors (Lipinski definition) is 4. The first-order valence-corrected chi connectivity index (χ1v) is 15.4. The van der Waals surface area contributed by atoms with E-state index < -0.39 is 41.7 Å². The summed E-state index contributed by atoms with van der Waals surface area (Å²) in [6.45, 7) is 14.2. The van der Waals surface area contributed by atoms with Crippen molar-refractivity contribution in [3.05, 3.63) is 29.7 Å². The van der Waals surface area contributed by atoms with Crippen molar-refractivity contribution in [2.24, 2.45) is 11.8 Å². The number of ether oxygens (including phenoxy) is 2. The van der Waals surface area contributed by atoms with E-state index in [0.717, 1.165) is 0 Å². The number of carbonyl (C=O) groups excluding carboxylic acids is 6. The van der Waals surface area contributed by atoms with E-state index in [1.165, 1.54) is 22.5 Å². The third kappa shape index (κ3) is 9.37. The number of hydrogen-bond acceptors (Lipinski definition) is 10. The molecule has 0 unspecified atom stereocenters. The first-order chi connectivity index (χ1) is 21.8. The quantitative estimate of drug-likeness (QED) is 0.183. The molecule has 0 radical (unpaired) electrons. The molecule has 2 rings (SSSR count). The predicted octanol–water partition coefficient (Wildman–Crippen LogP) is 1.67. The molecule has 0 aliphatic carbocycles. The first-order valence-electron chi connectivity index (χ1n) is 15.4. The summed E-state index contributed by atoms with van der Waals surface area (Å²) in [4.78, 5) is 94.2. The Hall–Kier alpha value is -4.76. The lowest BCUT2D eigenvalue weighted by molar-refractivity contribution is -0.147. The van der Waals surface area contributed by atoms with Gasteiger partial charge in [-0.3, -0.25) is 24.1 Å². The van der Waals surface area contributed by atoms with E-state index >= 15 is 0 Å². The van der Waals surface area contributed by atoms with Crippen LogP contribution in [-0.4, -0.2) is 105 Å². The normalized spacial score (nSPS) is 12.3. The van der Waals surface area contributed by atoms with Gasteiger partial charge in [0.05, 0.1) is 25.9 Å². The summed E-state index contributed by atoms with van der Waals surface area (Å²) in [5.41, 5.74) is -0.343. The van der Waals surface area contributed by atoms with Gasteiger partial charge in [-0.05, 0) is 32.6 Å². The second-order valence-electron chi connectivity index (χ2n) is 10.9. The maximum atomic E-state index is 13.6. The van der Waals surface area contributed by atoms with E-state index in [9.17, 15) is 28.8 Å². The lowest BCUT2D eigenvalue weighted by atomic mass is 10.0. The highest BCUT2D eigenvalue weighted by atomic mass is 16.5. The molecule has 0 spiro atoms. The van der Waals surface area contributed by atoms with Gasteiger partial charge in [0.15, 0.2) is 11.5 Å². The monoisotopic (exact) mass is 646 g/mol.